The lowest BCUT2D eigenvalue weighted by Gasteiger charge is -2.07. The fourth-order valence-electron chi connectivity index (χ4n) is 2.40. The zero-order chi connectivity index (χ0) is 13.4. The van der Waals surface area contributed by atoms with Gasteiger partial charge < -0.3 is 14.6 Å². The van der Waals surface area contributed by atoms with E-state index in [-0.39, 0.29) is 6.04 Å². The molecule has 0 saturated carbocycles. The third kappa shape index (κ3) is 2.06. The van der Waals surface area contributed by atoms with E-state index in [9.17, 15) is 0 Å². The van der Waals surface area contributed by atoms with Crippen LogP contribution in [0, 0.1) is 6.92 Å². The van der Waals surface area contributed by atoms with E-state index in [1.54, 1.807) is 6.26 Å². The highest BCUT2D eigenvalue weighted by Crippen LogP contribution is 2.29. The highest BCUT2D eigenvalue weighted by atomic mass is 16.3. The van der Waals surface area contributed by atoms with Gasteiger partial charge in [-0.1, -0.05) is 18.6 Å². The number of furan rings is 2. The smallest absolute Gasteiger partial charge is 0.134 e. The normalized spacial score (nSPS) is 13.0. The van der Waals surface area contributed by atoms with Gasteiger partial charge in [0.2, 0.25) is 0 Å². The zero-order valence-corrected chi connectivity index (χ0v) is 11.1. The third-order valence-corrected chi connectivity index (χ3v) is 3.43. The highest BCUT2D eigenvalue weighted by molar-refractivity contribution is 5.78. The fraction of sp³-hybridized carbons (Fsp3) is 0.250. The molecule has 0 aliphatic heterocycles. The Labute approximate surface area is 112 Å². The summed E-state index contributed by atoms with van der Waals surface area (Å²) in [6, 6.07) is 9.78. The van der Waals surface area contributed by atoms with E-state index in [2.05, 4.69) is 19.9 Å². The van der Waals surface area contributed by atoms with Crippen molar-refractivity contribution in [2.45, 2.75) is 26.3 Å². The first-order chi connectivity index (χ1) is 9.19. The molecule has 2 N–H and O–H groups in total. The number of fused-ring (bicyclic) bond motifs is 1. The van der Waals surface area contributed by atoms with Gasteiger partial charge in [0.25, 0.3) is 0 Å². The molecule has 3 rings (SSSR count). The molecule has 0 amide bonds. The first-order valence-corrected chi connectivity index (χ1v) is 6.51. The Morgan fingerprint density at radius 1 is 1.21 bits per heavy atom. The summed E-state index contributed by atoms with van der Waals surface area (Å²) in [4.78, 5) is 0. The van der Waals surface area contributed by atoms with Crippen molar-refractivity contribution < 1.29 is 8.83 Å². The monoisotopic (exact) mass is 255 g/mol. The molecule has 0 radical (unpaired) electrons. The molecule has 2 heterocycles. The largest absolute Gasteiger partial charge is 0.469 e. The molecule has 3 heteroatoms. The second kappa shape index (κ2) is 4.59. The molecule has 3 nitrogen and oxygen atoms in total. The van der Waals surface area contributed by atoms with E-state index >= 15 is 0 Å². The van der Waals surface area contributed by atoms with E-state index in [1.165, 1.54) is 5.56 Å². The molecule has 0 aliphatic rings. The molecule has 0 spiro atoms. The van der Waals surface area contributed by atoms with Crippen molar-refractivity contribution in [3.8, 4) is 0 Å². The van der Waals surface area contributed by atoms with Crippen LogP contribution in [0.25, 0.3) is 11.0 Å². The zero-order valence-electron chi connectivity index (χ0n) is 11.1. The first-order valence-electron chi connectivity index (χ1n) is 6.51. The second-order valence-electron chi connectivity index (χ2n) is 4.82. The fourth-order valence-corrected chi connectivity index (χ4v) is 2.40. The average molecular weight is 255 g/mol. The van der Waals surface area contributed by atoms with Crippen LogP contribution in [0.4, 0.5) is 0 Å². The molecule has 0 bridgehead atoms. The Kier molecular flexibility index (Phi) is 2.91. The van der Waals surface area contributed by atoms with E-state index in [4.69, 9.17) is 14.6 Å². The number of hydrogen-bond acceptors (Lipinski definition) is 3. The lowest BCUT2D eigenvalue weighted by Crippen LogP contribution is -2.11. The number of hydrogen-bond donors (Lipinski definition) is 1. The second-order valence-corrected chi connectivity index (χ2v) is 4.82. The van der Waals surface area contributed by atoms with Crippen LogP contribution >= 0.6 is 0 Å². The summed E-state index contributed by atoms with van der Waals surface area (Å²) in [5, 5.41) is 1.09. The van der Waals surface area contributed by atoms with Gasteiger partial charge in [0.1, 0.15) is 17.1 Å². The number of rotatable bonds is 3. The molecule has 3 aromatic rings. The van der Waals surface area contributed by atoms with Crippen molar-refractivity contribution in [3.05, 3.63) is 59.2 Å². The van der Waals surface area contributed by atoms with Crippen LogP contribution in [0.3, 0.4) is 0 Å². The molecule has 0 saturated heterocycles. The van der Waals surface area contributed by atoms with Gasteiger partial charge in [-0.3, -0.25) is 0 Å². The van der Waals surface area contributed by atoms with Crippen LogP contribution < -0.4 is 5.73 Å². The van der Waals surface area contributed by atoms with E-state index in [0.29, 0.717) is 0 Å². The molecule has 1 unspecified atom stereocenters. The molecule has 0 fully saturated rings. The van der Waals surface area contributed by atoms with Crippen LogP contribution in [0.15, 0.2) is 45.4 Å². The van der Waals surface area contributed by atoms with Gasteiger partial charge in [-0.15, -0.1) is 0 Å². The van der Waals surface area contributed by atoms with Crippen LogP contribution in [-0.2, 0) is 6.42 Å². The molecule has 2 aromatic heterocycles. The quantitative estimate of drug-likeness (QED) is 0.771. The molecule has 19 heavy (non-hydrogen) atoms. The van der Waals surface area contributed by atoms with Gasteiger partial charge in [0.15, 0.2) is 0 Å². The highest BCUT2D eigenvalue weighted by Gasteiger charge is 2.18. The summed E-state index contributed by atoms with van der Waals surface area (Å²) in [6.07, 6.45) is 2.51. The maximum absolute atomic E-state index is 6.29. The van der Waals surface area contributed by atoms with E-state index in [0.717, 1.165) is 34.5 Å². The summed E-state index contributed by atoms with van der Waals surface area (Å²) in [7, 11) is 0. The Balaban J connectivity index is 2.04. The number of benzene rings is 1. The Bertz CT molecular complexity index is 708. The summed E-state index contributed by atoms with van der Waals surface area (Å²) in [5.41, 5.74) is 9.37. The maximum Gasteiger partial charge on any atom is 0.134 e. The van der Waals surface area contributed by atoms with Crippen LogP contribution in [0.1, 0.15) is 35.6 Å². The van der Waals surface area contributed by atoms with Crippen molar-refractivity contribution in [1.82, 2.24) is 0 Å². The topological polar surface area (TPSA) is 52.3 Å². The van der Waals surface area contributed by atoms with E-state index < -0.39 is 0 Å². The Morgan fingerprint density at radius 2 is 2.05 bits per heavy atom. The van der Waals surface area contributed by atoms with Crippen molar-refractivity contribution >= 4 is 11.0 Å². The van der Waals surface area contributed by atoms with Crippen LogP contribution in [-0.4, -0.2) is 0 Å². The predicted octanol–water partition coefficient (Wildman–Crippen LogP) is 3.94. The minimum absolute atomic E-state index is 0.276. The number of aryl methyl sites for hydroxylation is 2. The lowest BCUT2D eigenvalue weighted by atomic mass is 10.0. The summed E-state index contributed by atoms with van der Waals surface area (Å²) >= 11 is 0. The standard InChI is InChI=1S/C16H17NO2/c1-3-13-12(6-7-18-13)16(17)15-9-11-8-10(2)4-5-14(11)19-15/h4-9,16H,3,17H2,1-2H3. The van der Waals surface area contributed by atoms with E-state index in [1.807, 2.05) is 24.3 Å². The molecular weight excluding hydrogens is 238 g/mol. The van der Waals surface area contributed by atoms with Gasteiger partial charge in [-0.05, 0) is 31.2 Å². The van der Waals surface area contributed by atoms with Crippen LogP contribution in [0.2, 0.25) is 0 Å². The van der Waals surface area contributed by atoms with Gasteiger partial charge in [0, 0.05) is 17.4 Å². The van der Waals surface area contributed by atoms with Crippen molar-refractivity contribution in [3.63, 3.8) is 0 Å². The Morgan fingerprint density at radius 3 is 2.84 bits per heavy atom. The average Bonchev–Trinajstić information content (AvgIpc) is 3.03. The third-order valence-electron chi connectivity index (χ3n) is 3.43. The van der Waals surface area contributed by atoms with Gasteiger partial charge in [0.05, 0.1) is 12.3 Å². The summed E-state index contributed by atoms with van der Waals surface area (Å²) in [5.74, 6) is 1.70. The van der Waals surface area contributed by atoms with Crippen molar-refractivity contribution in [1.29, 1.82) is 0 Å². The minimum atomic E-state index is -0.276. The predicted molar refractivity (Wildman–Crippen MR) is 75.1 cm³/mol. The lowest BCUT2D eigenvalue weighted by molar-refractivity contribution is 0.493. The molecular formula is C16H17NO2. The van der Waals surface area contributed by atoms with Crippen molar-refractivity contribution in [2.75, 3.05) is 0 Å². The van der Waals surface area contributed by atoms with Gasteiger partial charge in [-0.2, -0.15) is 0 Å². The Hall–Kier alpha value is -2.00. The van der Waals surface area contributed by atoms with Gasteiger partial charge in [-0.25, -0.2) is 0 Å². The molecule has 1 atom stereocenters. The first kappa shape index (κ1) is 12.1. The minimum Gasteiger partial charge on any atom is -0.469 e. The molecule has 1 aromatic carbocycles. The summed E-state index contributed by atoms with van der Waals surface area (Å²) < 4.78 is 11.3. The van der Waals surface area contributed by atoms with Crippen molar-refractivity contribution in [2.24, 2.45) is 5.73 Å². The molecule has 98 valence electrons. The van der Waals surface area contributed by atoms with Crippen LogP contribution in [0.5, 0.6) is 0 Å². The summed E-state index contributed by atoms with van der Waals surface area (Å²) in [6.45, 7) is 4.12. The maximum atomic E-state index is 6.29. The SMILES string of the molecule is CCc1occc1C(N)c1cc2cc(C)ccc2o1. The molecule has 0 aliphatic carbocycles. The number of nitrogens with two attached hydrogens (primary N) is 1. The van der Waals surface area contributed by atoms with Gasteiger partial charge >= 0.3 is 0 Å².